The monoisotopic (exact) mass is 508 g/mol. The molecule has 0 saturated heterocycles. The van der Waals surface area contributed by atoms with Gasteiger partial charge in [0.1, 0.15) is 24.5 Å². The minimum absolute atomic E-state index is 0.151. The Hall–Kier alpha value is -2.93. The molecule has 0 fully saturated rings. The van der Waals surface area contributed by atoms with Crippen molar-refractivity contribution in [3.05, 3.63) is 78.4 Å². The summed E-state index contributed by atoms with van der Waals surface area (Å²) in [5, 5.41) is 18.5. The van der Waals surface area contributed by atoms with Crippen molar-refractivity contribution >= 4 is 16.7 Å². The molecule has 0 aliphatic carbocycles. The summed E-state index contributed by atoms with van der Waals surface area (Å²) >= 11 is 0. The summed E-state index contributed by atoms with van der Waals surface area (Å²) in [4.78, 5) is 11.8. The van der Waals surface area contributed by atoms with E-state index in [-0.39, 0.29) is 18.1 Å². The number of fused-ring (bicyclic) bond motifs is 1. The number of esters is 1. The van der Waals surface area contributed by atoms with E-state index in [1.165, 1.54) is 5.56 Å². The maximum absolute atomic E-state index is 11.8. The third-order valence-corrected chi connectivity index (χ3v) is 5.61. The molecule has 0 aliphatic heterocycles. The molecule has 37 heavy (non-hydrogen) atoms. The first kappa shape index (κ1) is 30.3. The van der Waals surface area contributed by atoms with E-state index < -0.39 is 6.10 Å². The Labute approximate surface area is 222 Å². The summed E-state index contributed by atoms with van der Waals surface area (Å²) in [5.74, 6) is 0.670. The number of hydrogen-bond donors (Lipinski definition) is 3. The zero-order valence-corrected chi connectivity index (χ0v) is 22.9. The maximum Gasteiger partial charge on any atom is 0.323 e. The molecule has 0 aromatic heterocycles. The number of aryl methyl sites for hydroxylation is 1. The summed E-state index contributed by atoms with van der Waals surface area (Å²) in [6.45, 7) is 11.3. The van der Waals surface area contributed by atoms with Crippen LogP contribution in [0.15, 0.2) is 72.8 Å². The predicted molar refractivity (Wildman–Crippen MR) is 152 cm³/mol. The smallest absolute Gasteiger partial charge is 0.323 e. The molecule has 0 spiro atoms. The van der Waals surface area contributed by atoms with Gasteiger partial charge in [0.15, 0.2) is 0 Å². The summed E-state index contributed by atoms with van der Waals surface area (Å²) < 4.78 is 10.8. The van der Waals surface area contributed by atoms with Gasteiger partial charge in [0.25, 0.3) is 0 Å². The van der Waals surface area contributed by atoms with Crippen molar-refractivity contribution in [1.82, 2.24) is 10.6 Å². The van der Waals surface area contributed by atoms with Gasteiger partial charge in [0.2, 0.25) is 0 Å². The van der Waals surface area contributed by atoms with Crippen LogP contribution in [0, 0.1) is 0 Å². The lowest BCUT2D eigenvalue weighted by atomic mass is 10.0. The van der Waals surface area contributed by atoms with Crippen LogP contribution in [0.25, 0.3) is 10.8 Å². The summed E-state index contributed by atoms with van der Waals surface area (Å²) in [6, 6.07) is 24.7. The maximum atomic E-state index is 11.8. The standard InChI is InChI=1S/C16H21NO2.C15H23NO2/c1-12(2)17-10-14(18)11-19-16-9-5-7-13-6-3-4-8-15(13)16;1-4-18-15(17)14(16-12(2)3)11-10-13-8-6-5-7-9-13/h3-9,12,14,17-18H,10-11H2,1-2H3;5-9,12,14,16H,4,10-11H2,1-3H3. The van der Waals surface area contributed by atoms with E-state index >= 15 is 0 Å². The van der Waals surface area contributed by atoms with E-state index in [4.69, 9.17) is 9.47 Å². The van der Waals surface area contributed by atoms with E-state index in [1.54, 1.807) is 0 Å². The van der Waals surface area contributed by atoms with Gasteiger partial charge < -0.3 is 25.2 Å². The molecule has 0 saturated carbocycles. The Morgan fingerprint density at radius 2 is 1.57 bits per heavy atom. The average molecular weight is 509 g/mol. The van der Waals surface area contributed by atoms with E-state index in [2.05, 4.69) is 48.7 Å². The van der Waals surface area contributed by atoms with Gasteiger partial charge in [-0.2, -0.15) is 0 Å². The number of nitrogens with one attached hydrogen (secondary N) is 2. The fourth-order valence-corrected chi connectivity index (χ4v) is 3.81. The quantitative estimate of drug-likeness (QED) is 0.278. The van der Waals surface area contributed by atoms with Gasteiger partial charge in [-0.05, 0) is 36.8 Å². The number of aliphatic hydroxyl groups excluding tert-OH is 1. The minimum Gasteiger partial charge on any atom is -0.490 e. The molecule has 3 aromatic rings. The van der Waals surface area contributed by atoms with E-state index in [0.717, 1.165) is 29.4 Å². The number of benzene rings is 3. The Balaban J connectivity index is 0.000000261. The summed E-state index contributed by atoms with van der Waals surface area (Å²) in [5.41, 5.74) is 1.25. The van der Waals surface area contributed by atoms with Crippen molar-refractivity contribution < 1.29 is 19.4 Å². The van der Waals surface area contributed by atoms with Gasteiger partial charge >= 0.3 is 5.97 Å². The lowest BCUT2D eigenvalue weighted by Gasteiger charge is -2.19. The van der Waals surface area contributed by atoms with Gasteiger partial charge in [-0.3, -0.25) is 4.79 Å². The van der Waals surface area contributed by atoms with Gasteiger partial charge in [0, 0.05) is 24.0 Å². The van der Waals surface area contributed by atoms with Crippen LogP contribution in [-0.4, -0.2) is 55.1 Å². The fraction of sp³-hybridized carbons (Fsp3) is 0.452. The number of carbonyl (C=O) groups is 1. The molecule has 2 unspecified atom stereocenters. The normalized spacial score (nSPS) is 12.6. The lowest BCUT2D eigenvalue weighted by molar-refractivity contribution is -0.146. The van der Waals surface area contributed by atoms with Crippen molar-refractivity contribution in [2.24, 2.45) is 0 Å². The second kappa shape index (κ2) is 16.7. The molecule has 0 heterocycles. The molecular formula is C31H44N2O4. The number of rotatable bonds is 13. The zero-order chi connectivity index (χ0) is 27.0. The molecule has 0 radical (unpaired) electrons. The highest BCUT2D eigenvalue weighted by molar-refractivity contribution is 5.88. The Bertz CT molecular complexity index is 1030. The van der Waals surface area contributed by atoms with Crippen LogP contribution in [0.3, 0.4) is 0 Å². The molecule has 6 heteroatoms. The van der Waals surface area contributed by atoms with E-state index in [0.29, 0.717) is 25.8 Å². The molecule has 0 amide bonds. The van der Waals surface area contributed by atoms with Gasteiger partial charge in [-0.25, -0.2) is 0 Å². The molecule has 3 rings (SSSR count). The van der Waals surface area contributed by atoms with Crippen LogP contribution >= 0.6 is 0 Å². The fourth-order valence-electron chi connectivity index (χ4n) is 3.81. The Morgan fingerprint density at radius 3 is 2.24 bits per heavy atom. The molecule has 202 valence electrons. The number of hydrogen-bond acceptors (Lipinski definition) is 6. The predicted octanol–water partition coefficient (Wildman–Crippen LogP) is 5.13. The summed E-state index contributed by atoms with van der Waals surface area (Å²) in [6.07, 6.45) is 1.15. The van der Waals surface area contributed by atoms with E-state index in [1.807, 2.05) is 69.3 Å². The first-order chi connectivity index (χ1) is 17.8. The molecule has 3 aromatic carbocycles. The van der Waals surface area contributed by atoms with Crippen molar-refractivity contribution in [1.29, 1.82) is 0 Å². The lowest BCUT2D eigenvalue weighted by Crippen LogP contribution is -2.42. The molecule has 0 aliphatic rings. The molecule has 6 nitrogen and oxygen atoms in total. The van der Waals surface area contributed by atoms with Gasteiger partial charge in [0.05, 0.1) is 6.61 Å². The number of aliphatic hydroxyl groups is 1. The van der Waals surface area contributed by atoms with Crippen molar-refractivity contribution in [2.75, 3.05) is 19.8 Å². The minimum atomic E-state index is -0.499. The van der Waals surface area contributed by atoms with Crippen LogP contribution in [-0.2, 0) is 16.0 Å². The SMILES string of the molecule is CC(C)NCC(O)COc1cccc2ccccc12.CCOC(=O)C(CCc1ccccc1)NC(C)C. The topological polar surface area (TPSA) is 79.8 Å². The molecule has 3 N–H and O–H groups in total. The highest BCUT2D eigenvalue weighted by atomic mass is 16.5. The van der Waals surface area contributed by atoms with Crippen LogP contribution in [0.2, 0.25) is 0 Å². The van der Waals surface area contributed by atoms with E-state index in [9.17, 15) is 9.90 Å². The van der Waals surface area contributed by atoms with Crippen molar-refractivity contribution in [2.45, 2.75) is 71.7 Å². The van der Waals surface area contributed by atoms with Gasteiger partial charge in [-0.1, -0.05) is 94.4 Å². The largest absolute Gasteiger partial charge is 0.490 e. The summed E-state index contributed by atoms with van der Waals surface area (Å²) in [7, 11) is 0. The van der Waals surface area contributed by atoms with Crippen molar-refractivity contribution in [3.8, 4) is 5.75 Å². The average Bonchev–Trinajstić information content (AvgIpc) is 2.89. The number of ether oxygens (including phenoxy) is 2. The highest BCUT2D eigenvalue weighted by Gasteiger charge is 2.20. The first-order valence-corrected chi connectivity index (χ1v) is 13.3. The second-order valence-electron chi connectivity index (χ2n) is 9.66. The van der Waals surface area contributed by atoms with Crippen LogP contribution in [0.1, 0.15) is 46.6 Å². The molecular weight excluding hydrogens is 464 g/mol. The molecule has 0 bridgehead atoms. The van der Waals surface area contributed by atoms with Crippen LogP contribution in [0.5, 0.6) is 5.75 Å². The third kappa shape index (κ3) is 11.8. The Morgan fingerprint density at radius 1 is 0.892 bits per heavy atom. The highest BCUT2D eigenvalue weighted by Crippen LogP contribution is 2.25. The van der Waals surface area contributed by atoms with Gasteiger partial charge in [-0.15, -0.1) is 0 Å². The Kier molecular flexibility index (Phi) is 13.7. The van der Waals surface area contributed by atoms with Crippen LogP contribution < -0.4 is 15.4 Å². The molecule has 2 atom stereocenters. The zero-order valence-electron chi connectivity index (χ0n) is 22.9. The third-order valence-electron chi connectivity index (χ3n) is 5.61. The van der Waals surface area contributed by atoms with Crippen molar-refractivity contribution in [3.63, 3.8) is 0 Å². The first-order valence-electron chi connectivity index (χ1n) is 13.3. The van der Waals surface area contributed by atoms with Crippen LogP contribution in [0.4, 0.5) is 0 Å². The number of carbonyl (C=O) groups excluding carboxylic acids is 1. The second-order valence-corrected chi connectivity index (χ2v) is 9.66.